The fourth-order valence-corrected chi connectivity index (χ4v) is 5.72. The highest BCUT2D eigenvalue weighted by atomic mass is 19.4. The van der Waals surface area contributed by atoms with Crippen LogP contribution >= 0.6 is 0 Å². The van der Waals surface area contributed by atoms with Crippen LogP contribution in [-0.4, -0.2) is 65.4 Å². The van der Waals surface area contributed by atoms with Crippen LogP contribution in [-0.2, 0) is 30.5 Å². The van der Waals surface area contributed by atoms with Crippen LogP contribution in [0.4, 0.5) is 18.9 Å². The second-order valence-corrected chi connectivity index (χ2v) is 11.6. The Labute approximate surface area is 231 Å². The molecule has 8 heteroatoms. The maximum Gasteiger partial charge on any atom is 0.416 e. The number of carbonyl (C=O) groups is 1. The van der Waals surface area contributed by atoms with E-state index < -0.39 is 11.7 Å². The van der Waals surface area contributed by atoms with Gasteiger partial charge in [0.2, 0.25) is 5.91 Å². The van der Waals surface area contributed by atoms with Gasteiger partial charge in [-0.2, -0.15) is 13.2 Å². The summed E-state index contributed by atoms with van der Waals surface area (Å²) in [5.74, 6) is 0.643. The predicted molar refractivity (Wildman–Crippen MR) is 150 cm³/mol. The minimum atomic E-state index is -4.47. The van der Waals surface area contributed by atoms with Gasteiger partial charge in [-0.15, -0.1) is 0 Å². The Morgan fingerprint density at radius 3 is 2.41 bits per heavy atom. The van der Waals surface area contributed by atoms with Crippen LogP contribution in [0.1, 0.15) is 62.8 Å². The molecule has 0 atom stereocenters. The first-order valence-corrected chi connectivity index (χ1v) is 14.3. The molecule has 1 heterocycles. The molecular formula is C31H43F3N4O. The van der Waals surface area contributed by atoms with Crippen molar-refractivity contribution in [3.63, 3.8) is 0 Å². The summed E-state index contributed by atoms with van der Waals surface area (Å²) >= 11 is 0. The molecule has 0 spiro atoms. The maximum absolute atomic E-state index is 13.7. The number of anilines is 1. The van der Waals surface area contributed by atoms with Crippen molar-refractivity contribution in [2.45, 2.75) is 78.3 Å². The van der Waals surface area contributed by atoms with Gasteiger partial charge in [0.15, 0.2) is 0 Å². The highest BCUT2D eigenvalue weighted by Crippen LogP contribution is 2.34. The van der Waals surface area contributed by atoms with Crippen LogP contribution in [0, 0.1) is 5.92 Å². The molecule has 0 saturated heterocycles. The SMILES string of the molecule is CC(C)N(CCN(Cc1ccccc1C(F)(F)F)C(=O)CNc1cccc2c1CCN(CC1CC1)C2)C(C)C. The van der Waals surface area contributed by atoms with Crippen molar-refractivity contribution in [3.8, 4) is 0 Å². The van der Waals surface area contributed by atoms with Gasteiger partial charge in [0.25, 0.3) is 0 Å². The van der Waals surface area contributed by atoms with E-state index in [9.17, 15) is 18.0 Å². The van der Waals surface area contributed by atoms with Crippen LogP contribution in [0.3, 0.4) is 0 Å². The molecule has 0 aromatic heterocycles. The fourth-order valence-electron chi connectivity index (χ4n) is 5.72. The van der Waals surface area contributed by atoms with Crippen molar-refractivity contribution in [2.24, 2.45) is 5.92 Å². The van der Waals surface area contributed by atoms with Gasteiger partial charge in [0, 0.05) is 57.0 Å². The van der Waals surface area contributed by atoms with E-state index in [-0.39, 0.29) is 36.6 Å². The molecule has 4 rings (SSSR count). The van der Waals surface area contributed by atoms with E-state index >= 15 is 0 Å². The molecule has 0 unspecified atom stereocenters. The van der Waals surface area contributed by atoms with Crippen LogP contribution in [0.25, 0.3) is 0 Å². The van der Waals surface area contributed by atoms with Crippen molar-refractivity contribution in [1.82, 2.24) is 14.7 Å². The Kier molecular flexibility index (Phi) is 9.60. The third-order valence-corrected chi connectivity index (χ3v) is 7.98. The molecule has 0 bridgehead atoms. The number of nitrogens with one attached hydrogen (secondary N) is 1. The summed E-state index contributed by atoms with van der Waals surface area (Å²) in [6.45, 7) is 12.4. The van der Waals surface area contributed by atoms with Gasteiger partial charge in [-0.05, 0) is 81.7 Å². The van der Waals surface area contributed by atoms with E-state index in [0.29, 0.717) is 13.1 Å². The van der Waals surface area contributed by atoms with Gasteiger partial charge in [-0.25, -0.2) is 0 Å². The van der Waals surface area contributed by atoms with Gasteiger partial charge in [0.05, 0.1) is 12.1 Å². The molecule has 39 heavy (non-hydrogen) atoms. The summed E-state index contributed by atoms with van der Waals surface area (Å²) < 4.78 is 41.2. The summed E-state index contributed by atoms with van der Waals surface area (Å²) in [4.78, 5) is 19.9. The lowest BCUT2D eigenvalue weighted by Gasteiger charge is -2.34. The highest BCUT2D eigenvalue weighted by Gasteiger charge is 2.34. The molecule has 214 valence electrons. The lowest BCUT2D eigenvalue weighted by Crippen LogP contribution is -2.45. The number of alkyl halides is 3. The van der Waals surface area contributed by atoms with Crippen LogP contribution in [0.5, 0.6) is 0 Å². The van der Waals surface area contributed by atoms with Gasteiger partial charge in [-0.1, -0.05) is 30.3 Å². The summed E-state index contributed by atoms with van der Waals surface area (Å²) in [5.41, 5.74) is 2.92. The molecule has 1 fully saturated rings. The molecule has 1 amide bonds. The van der Waals surface area contributed by atoms with Crippen molar-refractivity contribution in [1.29, 1.82) is 0 Å². The van der Waals surface area contributed by atoms with E-state index in [0.717, 1.165) is 43.7 Å². The minimum Gasteiger partial charge on any atom is -0.376 e. The molecule has 5 nitrogen and oxygen atoms in total. The van der Waals surface area contributed by atoms with Gasteiger partial charge >= 0.3 is 6.18 Å². The molecule has 2 aliphatic rings. The lowest BCUT2D eigenvalue weighted by atomic mass is 9.97. The summed E-state index contributed by atoms with van der Waals surface area (Å²) in [7, 11) is 0. The van der Waals surface area contributed by atoms with Gasteiger partial charge in [-0.3, -0.25) is 14.6 Å². The van der Waals surface area contributed by atoms with Gasteiger partial charge < -0.3 is 10.2 Å². The second-order valence-electron chi connectivity index (χ2n) is 11.6. The third kappa shape index (κ3) is 7.98. The Bertz CT molecular complexity index is 1110. The number of fused-ring (bicyclic) bond motifs is 1. The first-order chi connectivity index (χ1) is 18.5. The summed E-state index contributed by atoms with van der Waals surface area (Å²) in [6.07, 6.45) is -0.867. The molecule has 0 radical (unpaired) electrons. The lowest BCUT2D eigenvalue weighted by molar-refractivity contribution is -0.139. The fraction of sp³-hybridized carbons (Fsp3) is 0.581. The zero-order valence-electron chi connectivity index (χ0n) is 23.7. The van der Waals surface area contributed by atoms with Crippen LogP contribution < -0.4 is 5.32 Å². The Morgan fingerprint density at radius 2 is 1.74 bits per heavy atom. The normalized spacial score (nSPS) is 16.2. The maximum atomic E-state index is 13.7. The third-order valence-electron chi connectivity index (χ3n) is 7.98. The van der Waals surface area contributed by atoms with Crippen molar-refractivity contribution in [2.75, 3.05) is 38.0 Å². The number of rotatable bonds is 12. The monoisotopic (exact) mass is 544 g/mol. The number of benzene rings is 2. The predicted octanol–water partition coefficient (Wildman–Crippen LogP) is 6.03. The molecule has 2 aromatic rings. The minimum absolute atomic E-state index is 0.0415. The number of carbonyl (C=O) groups excluding carboxylic acids is 1. The van der Waals surface area contributed by atoms with Crippen LogP contribution in [0.2, 0.25) is 0 Å². The number of halogens is 3. The highest BCUT2D eigenvalue weighted by molar-refractivity contribution is 5.81. The van der Waals surface area contributed by atoms with Crippen LogP contribution in [0.15, 0.2) is 42.5 Å². The van der Waals surface area contributed by atoms with E-state index in [1.165, 1.54) is 36.1 Å². The van der Waals surface area contributed by atoms with E-state index in [4.69, 9.17) is 0 Å². The molecule has 1 aliphatic heterocycles. The quantitative estimate of drug-likeness (QED) is 0.354. The Balaban J connectivity index is 1.47. The smallest absolute Gasteiger partial charge is 0.376 e. The second kappa shape index (κ2) is 12.7. The summed E-state index contributed by atoms with van der Waals surface area (Å²) in [5, 5.41) is 3.34. The molecule has 1 saturated carbocycles. The molecular weight excluding hydrogens is 501 g/mol. The van der Waals surface area contributed by atoms with Crippen molar-refractivity contribution >= 4 is 11.6 Å². The average Bonchev–Trinajstić information content (AvgIpc) is 3.69. The number of nitrogens with zero attached hydrogens (tertiary/aromatic N) is 3. The molecule has 1 aliphatic carbocycles. The number of hydrogen-bond donors (Lipinski definition) is 1. The largest absolute Gasteiger partial charge is 0.416 e. The van der Waals surface area contributed by atoms with E-state index in [2.05, 4.69) is 48.9 Å². The van der Waals surface area contributed by atoms with E-state index in [1.54, 1.807) is 11.0 Å². The molecule has 2 aromatic carbocycles. The zero-order valence-corrected chi connectivity index (χ0v) is 23.7. The Morgan fingerprint density at radius 1 is 1.03 bits per heavy atom. The Hall–Kier alpha value is -2.58. The van der Waals surface area contributed by atoms with Crippen molar-refractivity contribution in [3.05, 3.63) is 64.7 Å². The first kappa shape index (κ1) is 29.4. The van der Waals surface area contributed by atoms with Gasteiger partial charge in [0.1, 0.15) is 0 Å². The first-order valence-electron chi connectivity index (χ1n) is 14.3. The topological polar surface area (TPSA) is 38.8 Å². The van der Waals surface area contributed by atoms with E-state index in [1.807, 2.05) is 12.1 Å². The molecule has 1 N–H and O–H groups in total. The van der Waals surface area contributed by atoms with Crippen molar-refractivity contribution < 1.29 is 18.0 Å². The standard InChI is InChI=1S/C31H43F3N4O/c1-22(2)38(23(3)4)17-16-37(21-26-8-5-6-10-28(26)31(32,33)34)30(39)18-35-29-11-7-9-25-20-36(15-14-27(25)29)19-24-12-13-24/h5-11,22-24,35H,12-21H2,1-4H3. The average molecular weight is 545 g/mol. The number of hydrogen-bond acceptors (Lipinski definition) is 4. The summed E-state index contributed by atoms with van der Waals surface area (Å²) in [6, 6.07) is 12.3. The number of amides is 1. The zero-order chi connectivity index (χ0) is 28.2.